The fraction of sp³-hybridized carbons (Fsp3) is 1.00. The molecule has 16 heavy (non-hydrogen) atoms. The highest BCUT2D eigenvalue weighted by atomic mass is 16.5. The monoisotopic (exact) mass is 227 g/mol. The Kier molecular flexibility index (Phi) is 6.37. The van der Waals surface area contributed by atoms with Crippen molar-refractivity contribution in [1.29, 1.82) is 0 Å². The van der Waals surface area contributed by atoms with E-state index in [0.717, 1.165) is 25.7 Å². The fourth-order valence-electron chi connectivity index (χ4n) is 2.85. The van der Waals surface area contributed by atoms with Crippen LogP contribution in [-0.4, -0.2) is 19.8 Å². The van der Waals surface area contributed by atoms with Gasteiger partial charge in [0.2, 0.25) is 0 Å². The Morgan fingerprint density at radius 1 is 1.25 bits per heavy atom. The minimum atomic E-state index is 0.396. The van der Waals surface area contributed by atoms with Gasteiger partial charge in [0.1, 0.15) is 0 Å². The lowest BCUT2D eigenvalue weighted by atomic mass is 9.72. The van der Waals surface area contributed by atoms with Gasteiger partial charge in [-0.05, 0) is 37.1 Å². The highest BCUT2D eigenvalue weighted by Gasteiger charge is 2.32. The molecule has 0 aromatic carbocycles. The van der Waals surface area contributed by atoms with Crippen molar-refractivity contribution in [1.82, 2.24) is 0 Å². The van der Waals surface area contributed by atoms with Crippen LogP contribution in [0.15, 0.2) is 0 Å². The molecular formula is C14H29NO. The summed E-state index contributed by atoms with van der Waals surface area (Å²) in [5.41, 5.74) is 6.41. The third-order valence-electron chi connectivity index (χ3n) is 4.25. The second-order valence-corrected chi connectivity index (χ2v) is 5.44. The van der Waals surface area contributed by atoms with Crippen molar-refractivity contribution in [3.8, 4) is 0 Å². The first-order chi connectivity index (χ1) is 7.76. The molecule has 2 N–H and O–H groups in total. The van der Waals surface area contributed by atoms with Crippen LogP contribution in [0.25, 0.3) is 0 Å². The molecule has 1 fully saturated rings. The molecule has 1 rings (SSSR count). The molecule has 1 aliphatic heterocycles. The normalized spacial score (nSPS) is 21.9. The van der Waals surface area contributed by atoms with Gasteiger partial charge in [-0.2, -0.15) is 0 Å². The Morgan fingerprint density at radius 3 is 2.44 bits per heavy atom. The molecule has 0 spiro atoms. The molecule has 96 valence electrons. The molecule has 0 aliphatic carbocycles. The number of ether oxygens (including phenoxy) is 1. The van der Waals surface area contributed by atoms with Crippen molar-refractivity contribution < 1.29 is 4.74 Å². The molecule has 0 amide bonds. The zero-order valence-corrected chi connectivity index (χ0v) is 11.1. The first kappa shape index (κ1) is 14.0. The molecule has 0 saturated carbocycles. The van der Waals surface area contributed by atoms with E-state index in [1.165, 1.54) is 44.9 Å². The van der Waals surface area contributed by atoms with Crippen molar-refractivity contribution in [3.05, 3.63) is 0 Å². The zero-order chi connectivity index (χ0) is 11.9. The van der Waals surface area contributed by atoms with Gasteiger partial charge in [-0.25, -0.2) is 0 Å². The Morgan fingerprint density at radius 2 is 1.94 bits per heavy atom. The zero-order valence-electron chi connectivity index (χ0n) is 11.1. The van der Waals surface area contributed by atoms with Crippen LogP contribution in [-0.2, 0) is 4.74 Å². The number of nitrogens with two attached hydrogens (primary N) is 1. The SMILES string of the molecule is CCCCC(CC)CC1(CN)CCOCC1. The summed E-state index contributed by atoms with van der Waals surface area (Å²) < 4.78 is 5.47. The molecule has 1 unspecified atom stereocenters. The molecule has 0 radical (unpaired) electrons. The lowest BCUT2D eigenvalue weighted by Crippen LogP contribution is -2.38. The van der Waals surface area contributed by atoms with Crippen molar-refractivity contribution in [2.75, 3.05) is 19.8 Å². The predicted octanol–water partition coefficient (Wildman–Crippen LogP) is 3.35. The first-order valence-electron chi connectivity index (χ1n) is 7.04. The van der Waals surface area contributed by atoms with Gasteiger partial charge in [0.05, 0.1) is 0 Å². The maximum absolute atomic E-state index is 6.01. The molecule has 0 aromatic rings. The van der Waals surface area contributed by atoms with Crippen LogP contribution in [0, 0.1) is 11.3 Å². The molecule has 2 heteroatoms. The van der Waals surface area contributed by atoms with Crippen LogP contribution in [0.1, 0.15) is 58.8 Å². The average Bonchev–Trinajstić information content (AvgIpc) is 2.35. The third-order valence-corrected chi connectivity index (χ3v) is 4.25. The van der Waals surface area contributed by atoms with E-state index in [1.54, 1.807) is 0 Å². The summed E-state index contributed by atoms with van der Waals surface area (Å²) in [7, 11) is 0. The smallest absolute Gasteiger partial charge is 0.0471 e. The number of hydrogen-bond acceptors (Lipinski definition) is 2. The summed E-state index contributed by atoms with van der Waals surface area (Å²) in [6, 6.07) is 0. The van der Waals surface area contributed by atoms with Crippen LogP contribution >= 0.6 is 0 Å². The second kappa shape index (κ2) is 7.29. The van der Waals surface area contributed by atoms with Gasteiger partial charge in [0, 0.05) is 13.2 Å². The van der Waals surface area contributed by atoms with Crippen LogP contribution < -0.4 is 5.73 Å². The molecular weight excluding hydrogens is 198 g/mol. The van der Waals surface area contributed by atoms with Crippen LogP contribution in [0.2, 0.25) is 0 Å². The van der Waals surface area contributed by atoms with Crippen molar-refractivity contribution >= 4 is 0 Å². The van der Waals surface area contributed by atoms with E-state index in [-0.39, 0.29) is 0 Å². The van der Waals surface area contributed by atoms with E-state index < -0.39 is 0 Å². The Bertz CT molecular complexity index is 176. The average molecular weight is 227 g/mol. The summed E-state index contributed by atoms with van der Waals surface area (Å²) in [5, 5.41) is 0. The van der Waals surface area contributed by atoms with E-state index in [1.807, 2.05) is 0 Å². The Balaban J connectivity index is 2.45. The molecule has 0 aromatic heterocycles. The second-order valence-electron chi connectivity index (χ2n) is 5.44. The number of unbranched alkanes of at least 4 members (excludes halogenated alkanes) is 1. The van der Waals surface area contributed by atoms with Gasteiger partial charge in [0.15, 0.2) is 0 Å². The maximum atomic E-state index is 6.01. The van der Waals surface area contributed by atoms with Crippen molar-refractivity contribution in [2.24, 2.45) is 17.1 Å². The van der Waals surface area contributed by atoms with Gasteiger partial charge >= 0.3 is 0 Å². The molecule has 1 heterocycles. The van der Waals surface area contributed by atoms with E-state index >= 15 is 0 Å². The minimum Gasteiger partial charge on any atom is -0.381 e. The summed E-state index contributed by atoms with van der Waals surface area (Å²) in [6.45, 7) is 7.28. The molecule has 1 aliphatic rings. The summed E-state index contributed by atoms with van der Waals surface area (Å²) in [5.74, 6) is 0.876. The Hall–Kier alpha value is -0.0800. The largest absolute Gasteiger partial charge is 0.381 e. The van der Waals surface area contributed by atoms with Gasteiger partial charge in [0.25, 0.3) is 0 Å². The minimum absolute atomic E-state index is 0.396. The number of hydrogen-bond donors (Lipinski definition) is 1. The summed E-state index contributed by atoms with van der Waals surface area (Å²) in [6.07, 6.45) is 9.05. The van der Waals surface area contributed by atoms with E-state index in [2.05, 4.69) is 13.8 Å². The molecule has 1 saturated heterocycles. The summed E-state index contributed by atoms with van der Waals surface area (Å²) >= 11 is 0. The quantitative estimate of drug-likeness (QED) is 0.724. The lowest BCUT2D eigenvalue weighted by molar-refractivity contribution is 0.00531. The fourth-order valence-corrected chi connectivity index (χ4v) is 2.85. The van der Waals surface area contributed by atoms with Gasteiger partial charge in [-0.1, -0.05) is 39.5 Å². The molecule has 1 atom stereocenters. The number of rotatable bonds is 7. The molecule has 2 nitrogen and oxygen atoms in total. The molecule has 0 bridgehead atoms. The lowest BCUT2D eigenvalue weighted by Gasteiger charge is -2.38. The summed E-state index contributed by atoms with van der Waals surface area (Å²) in [4.78, 5) is 0. The van der Waals surface area contributed by atoms with E-state index in [9.17, 15) is 0 Å². The van der Waals surface area contributed by atoms with E-state index in [0.29, 0.717) is 5.41 Å². The van der Waals surface area contributed by atoms with Crippen molar-refractivity contribution in [3.63, 3.8) is 0 Å². The van der Waals surface area contributed by atoms with E-state index in [4.69, 9.17) is 10.5 Å². The van der Waals surface area contributed by atoms with Gasteiger partial charge < -0.3 is 10.5 Å². The van der Waals surface area contributed by atoms with Crippen LogP contribution in [0.4, 0.5) is 0 Å². The van der Waals surface area contributed by atoms with Crippen molar-refractivity contribution in [2.45, 2.75) is 58.8 Å². The van der Waals surface area contributed by atoms with Crippen LogP contribution in [0.3, 0.4) is 0 Å². The van der Waals surface area contributed by atoms with Gasteiger partial charge in [-0.3, -0.25) is 0 Å². The third kappa shape index (κ3) is 4.06. The van der Waals surface area contributed by atoms with Crippen LogP contribution in [0.5, 0.6) is 0 Å². The highest BCUT2D eigenvalue weighted by molar-refractivity contribution is 4.85. The first-order valence-corrected chi connectivity index (χ1v) is 7.04. The predicted molar refractivity (Wildman–Crippen MR) is 69.5 cm³/mol. The standard InChI is InChI=1S/C14H29NO/c1-3-5-6-13(4-2)11-14(12-15)7-9-16-10-8-14/h13H,3-12,15H2,1-2H3. The highest BCUT2D eigenvalue weighted by Crippen LogP contribution is 2.38. The maximum Gasteiger partial charge on any atom is 0.0471 e. The van der Waals surface area contributed by atoms with Gasteiger partial charge in [-0.15, -0.1) is 0 Å². The topological polar surface area (TPSA) is 35.2 Å². The Labute approximate surface area is 101 Å².